The van der Waals surface area contributed by atoms with Gasteiger partial charge < -0.3 is 5.32 Å². The van der Waals surface area contributed by atoms with E-state index < -0.39 is 29.3 Å². The highest BCUT2D eigenvalue weighted by Crippen LogP contribution is 2.34. The van der Waals surface area contributed by atoms with Crippen molar-refractivity contribution in [2.45, 2.75) is 63.7 Å². The molecule has 1 fully saturated rings. The summed E-state index contributed by atoms with van der Waals surface area (Å²) in [7, 11) is 0. The number of alkyl halides is 1. The number of anilines is 1. The number of aryl methyl sites for hydroxylation is 1. The van der Waals surface area contributed by atoms with E-state index >= 15 is 0 Å². The van der Waals surface area contributed by atoms with Crippen molar-refractivity contribution in [3.8, 4) is 0 Å². The maximum atomic E-state index is 14.9. The minimum Gasteiger partial charge on any atom is -0.361 e. The molecule has 1 saturated carbocycles. The largest absolute Gasteiger partial charge is 0.361 e. The standard InChI is InChI=1S/C20H23F2N3O2/c1-11-7-8-15(21)13(9-11)17-16(22)10-14-18(23-17)24-20(27)25(19(14)26)12-5-3-2-4-6-12/h7-9,12,16-17,23H,2-6,10H2,1H3,(H,24,27)/t16-,17+/m0/s1. The van der Waals surface area contributed by atoms with E-state index in [0.29, 0.717) is 0 Å². The number of rotatable bonds is 2. The Morgan fingerprint density at radius 2 is 1.89 bits per heavy atom. The second-order valence-electron chi connectivity index (χ2n) is 7.62. The van der Waals surface area contributed by atoms with Crippen molar-refractivity contribution in [1.82, 2.24) is 9.55 Å². The van der Waals surface area contributed by atoms with Crippen LogP contribution in [0.5, 0.6) is 0 Å². The van der Waals surface area contributed by atoms with Gasteiger partial charge in [0.1, 0.15) is 17.8 Å². The maximum Gasteiger partial charge on any atom is 0.330 e. The lowest BCUT2D eigenvalue weighted by molar-refractivity contribution is 0.277. The Morgan fingerprint density at radius 3 is 2.63 bits per heavy atom. The fourth-order valence-electron chi connectivity index (χ4n) is 4.30. The molecule has 0 amide bonds. The molecule has 0 spiro atoms. The van der Waals surface area contributed by atoms with Crippen LogP contribution < -0.4 is 16.6 Å². The summed E-state index contributed by atoms with van der Waals surface area (Å²) in [4.78, 5) is 28.2. The average Bonchev–Trinajstić information content (AvgIpc) is 2.65. The van der Waals surface area contributed by atoms with E-state index in [-0.39, 0.29) is 29.4 Å². The molecule has 0 bridgehead atoms. The summed E-state index contributed by atoms with van der Waals surface area (Å²) in [6, 6.07) is 3.43. The Bertz CT molecular complexity index is 976. The molecule has 2 N–H and O–H groups in total. The van der Waals surface area contributed by atoms with Crippen molar-refractivity contribution in [2.75, 3.05) is 5.32 Å². The SMILES string of the molecule is Cc1ccc(F)c([C@H]2Nc3[nH]c(=O)n(C4CCCCC4)c(=O)c3C[C@@H]2F)c1. The third-order valence-electron chi connectivity index (χ3n) is 5.72. The van der Waals surface area contributed by atoms with Crippen LogP contribution in [0.1, 0.15) is 60.9 Å². The van der Waals surface area contributed by atoms with E-state index in [1.807, 2.05) is 0 Å². The summed E-state index contributed by atoms with van der Waals surface area (Å²) >= 11 is 0. The molecule has 1 aliphatic carbocycles. The first-order valence-corrected chi connectivity index (χ1v) is 9.50. The van der Waals surface area contributed by atoms with Crippen LogP contribution in [-0.2, 0) is 6.42 Å². The average molecular weight is 375 g/mol. The monoisotopic (exact) mass is 375 g/mol. The fraction of sp³-hybridized carbons (Fsp3) is 0.500. The highest BCUT2D eigenvalue weighted by Gasteiger charge is 2.34. The summed E-state index contributed by atoms with van der Waals surface area (Å²) in [5.74, 6) is -0.307. The molecule has 144 valence electrons. The molecule has 27 heavy (non-hydrogen) atoms. The zero-order valence-corrected chi connectivity index (χ0v) is 15.2. The zero-order chi connectivity index (χ0) is 19.1. The minimum atomic E-state index is -1.47. The number of benzene rings is 1. The Balaban J connectivity index is 1.74. The molecule has 1 aliphatic heterocycles. The van der Waals surface area contributed by atoms with Gasteiger partial charge in [-0.1, -0.05) is 37.0 Å². The van der Waals surface area contributed by atoms with Gasteiger partial charge in [0.25, 0.3) is 5.56 Å². The first-order valence-electron chi connectivity index (χ1n) is 9.50. The topological polar surface area (TPSA) is 66.9 Å². The number of aromatic amines is 1. The molecule has 2 aliphatic rings. The van der Waals surface area contributed by atoms with Gasteiger partial charge in [-0.15, -0.1) is 0 Å². The molecule has 1 aromatic carbocycles. The lowest BCUT2D eigenvalue weighted by atomic mass is 9.92. The summed E-state index contributed by atoms with van der Waals surface area (Å²) in [6.45, 7) is 1.80. The molecule has 2 heterocycles. The predicted molar refractivity (Wildman–Crippen MR) is 99.5 cm³/mol. The Hall–Kier alpha value is -2.44. The molecular formula is C20H23F2N3O2. The number of H-pyrrole nitrogens is 1. The van der Waals surface area contributed by atoms with E-state index in [9.17, 15) is 18.4 Å². The molecule has 0 saturated heterocycles. The van der Waals surface area contributed by atoms with Gasteiger partial charge in [-0.2, -0.15) is 0 Å². The molecule has 7 heteroatoms. The van der Waals surface area contributed by atoms with Crippen molar-refractivity contribution < 1.29 is 8.78 Å². The van der Waals surface area contributed by atoms with Gasteiger partial charge in [0, 0.05) is 18.0 Å². The van der Waals surface area contributed by atoms with Crippen LogP contribution in [0.4, 0.5) is 14.6 Å². The van der Waals surface area contributed by atoms with Crippen molar-refractivity contribution in [3.05, 3.63) is 61.5 Å². The van der Waals surface area contributed by atoms with Gasteiger partial charge in [0.2, 0.25) is 0 Å². The molecule has 0 radical (unpaired) electrons. The number of halogens is 2. The van der Waals surface area contributed by atoms with E-state index in [1.54, 1.807) is 19.1 Å². The minimum absolute atomic E-state index is 0.134. The van der Waals surface area contributed by atoms with Gasteiger partial charge >= 0.3 is 5.69 Å². The van der Waals surface area contributed by atoms with Gasteiger partial charge in [-0.3, -0.25) is 14.3 Å². The number of nitrogens with one attached hydrogen (secondary N) is 2. The predicted octanol–water partition coefficient (Wildman–Crippen LogP) is 3.54. The second-order valence-corrected chi connectivity index (χ2v) is 7.62. The third-order valence-corrected chi connectivity index (χ3v) is 5.72. The van der Waals surface area contributed by atoms with Gasteiger partial charge in [-0.05, 0) is 25.8 Å². The quantitative estimate of drug-likeness (QED) is 0.844. The Labute approximate surface area is 155 Å². The Morgan fingerprint density at radius 1 is 1.15 bits per heavy atom. The third kappa shape index (κ3) is 3.19. The summed E-state index contributed by atoms with van der Waals surface area (Å²) in [5, 5.41) is 2.86. The zero-order valence-electron chi connectivity index (χ0n) is 15.2. The molecule has 5 nitrogen and oxygen atoms in total. The van der Waals surface area contributed by atoms with Crippen LogP contribution in [0, 0.1) is 12.7 Å². The summed E-state index contributed by atoms with van der Waals surface area (Å²) in [6.07, 6.45) is 3.01. The number of hydrogen-bond acceptors (Lipinski definition) is 3. The first-order chi connectivity index (χ1) is 13.0. The van der Waals surface area contributed by atoms with Crippen LogP contribution in [0.25, 0.3) is 0 Å². The summed E-state index contributed by atoms with van der Waals surface area (Å²) in [5.41, 5.74) is 0.327. The number of nitrogens with zero attached hydrogens (tertiary/aromatic N) is 1. The van der Waals surface area contributed by atoms with Gasteiger partial charge in [-0.25, -0.2) is 13.6 Å². The highest BCUT2D eigenvalue weighted by atomic mass is 19.1. The van der Waals surface area contributed by atoms with E-state index in [4.69, 9.17) is 0 Å². The fourth-order valence-corrected chi connectivity index (χ4v) is 4.30. The van der Waals surface area contributed by atoms with Gasteiger partial charge in [0.15, 0.2) is 0 Å². The summed E-state index contributed by atoms with van der Waals surface area (Å²) < 4.78 is 30.4. The normalized spacial score (nSPS) is 22.9. The van der Waals surface area contributed by atoms with E-state index in [0.717, 1.165) is 37.7 Å². The van der Waals surface area contributed by atoms with Crippen LogP contribution >= 0.6 is 0 Å². The number of hydrogen-bond donors (Lipinski definition) is 2. The Kier molecular flexibility index (Phi) is 4.61. The number of aromatic nitrogens is 2. The molecule has 4 rings (SSSR count). The lowest BCUT2D eigenvalue weighted by Crippen LogP contribution is -2.44. The van der Waals surface area contributed by atoms with E-state index in [1.165, 1.54) is 10.6 Å². The number of fused-ring (bicyclic) bond motifs is 1. The van der Waals surface area contributed by atoms with Crippen LogP contribution in [-0.4, -0.2) is 15.7 Å². The van der Waals surface area contributed by atoms with Crippen molar-refractivity contribution in [1.29, 1.82) is 0 Å². The molecule has 2 aromatic rings. The van der Waals surface area contributed by atoms with Crippen LogP contribution in [0.15, 0.2) is 27.8 Å². The molecule has 0 unspecified atom stereocenters. The highest BCUT2D eigenvalue weighted by molar-refractivity contribution is 5.49. The maximum absolute atomic E-state index is 14.9. The van der Waals surface area contributed by atoms with Crippen molar-refractivity contribution in [2.24, 2.45) is 0 Å². The van der Waals surface area contributed by atoms with E-state index in [2.05, 4.69) is 10.3 Å². The molecule has 2 atom stereocenters. The van der Waals surface area contributed by atoms with Crippen LogP contribution in [0.2, 0.25) is 0 Å². The van der Waals surface area contributed by atoms with Crippen LogP contribution in [0.3, 0.4) is 0 Å². The van der Waals surface area contributed by atoms with Crippen molar-refractivity contribution >= 4 is 5.82 Å². The second kappa shape index (κ2) is 6.94. The van der Waals surface area contributed by atoms with Crippen molar-refractivity contribution in [3.63, 3.8) is 0 Å². The molecule has 1 aromatic heterocycles. The smallest absolute Gasteiger partial charge is 0.330 e. The first kappa shape index (κ1) is 17.9. The lowest BCUT2D eigenvalue weighted by Gasteiger charge is -2.31. The molecular weight excluding hydrogens is 352 g/mol. The van der Waals surface area contributed by atoms with Gasteiger partial charge in [0.05, 0.1) is 11.6 Å².